The van der Waals surface area contributed by atoms with Crippen molar-refractivity contribution in [1.29, 1.82) is 0 Å². The topological polar surface area (TPSA) is 117 Å². The molecule has 6 nitrogen and oxygen atoms in total. The van der Waals surface area contributed by atoms with Crippen molar-refractivity contribution in [1.82, 2.24) is 5.32 Å². The Kier molecular flexibility index (Phi) is 15.3. The fraction of sp³-hybridized carbons (Fsp3) is 0.500. The molecular formula is C4H8NNaO5. The molecule has 0 aliphatic rings. The van der Waals surface area contributed by atoms with Crippen LogP contribution in [0.2, 0.25) is 0 Å². The van der Waals surface area contributed by atoms with Crippen LogP contribution in [-0.2, 0) is 9.59 Å². The first-order valence-corrected chi connectivity index (χ1v) is 2.27. The smallest absolute Gasteiger partial charge is 0.870 e. The number of hydrogen-bond acceptors (Lipinski definition) is 4. The van der Waals surface area contributed by atoms with Crippen LogP contribution in [0.3, 0.4) is 0 Å². The predicted molar refractivity (Wildman–Crippen MR) is 30.1 cm³/mol. The van der Waals surface area contributed by atoms with Crippen LogP contribution in [0.25, 0.3) is 0 Å². The summed E-state index contributed by atoms with van der Waals surface area (Å²) >= 11 is 0. The quantitative estimate of drug-likeness (QED) is 0.369. The fourth-order valence-corrected chi connectivity index (χ4v) is 0.276. The molecule has 0 aliphatic heterocycles. The molecule has 0 rings (SSSR count). The normalized spacial score (nSPS) is 7.27. The molecule has 0 unspecified atom stereocenters. The van der Waals surface area contributed by atoms with Crippen molar-refractivity contribution in [2.24, 2.45) is 0 Å². The number of carboxylic acid groups (broad SMARTS) is 2. The molecule has 0 saturated heterocycles. The number of hydrogen-bond donors (Lipinski definition) is 3. The first kappa shape index (κ1) is 17.1. The van der Waals surface area contributed by atoms with Crippen molar-refractivity contribution in [2.75, 3.05) is 13.1 Å². The maximum absolute atomic E-state index is 9.73. The summed E-state index contributed by atoms with van der Waals surface area (Å²) in [7, 11) is 0. The van der Waals surface area contributed by atoms with Gasteiger partial charge in [0.1, 0.15) is 0 Å². The Hall–Kier alpha value is -0.140. The average molecular weight is 173 g/mol. The summed E-state index contributed by atoms with van der Waals surface area (Å²) in [5.74, 6) is -2.12. The third-order valence-corrected chi connectivity index (χ3v) is 0.552. The van der Waals surface area contributed by atoms with Crippen LogP contribution >= 0.6 is 0 Å². The molecule has 0 spiro atoms. The Morgan fingerprint density at radius 2 is 1.36 bits per heavy atom. The molecule has 0 aromatic rings. The summed E-state index contributed by atoms with van der Waals surface area (Å²) in [6.45, 7) is -0.626. The minimum absolute atomic E-state index is 0. The van der Waals surface area contributed by atoms with Crippen LogP contribution in [0.1, 0.15) is 0 Å². The molecule has 0 heterocycles. The van der Waals surface area contributed by atoms with Gasteiger partial charge >= 0.3 is 41.5 Å². The van der Waals surface area contributed by atoms with E-state index < -0.39 is 11.9 Å². The Morgan fingerprint density at radius 3 is 1.55 bits per heavy atom. The molecule has 0 aromatic carbocycles. The summed E-state index contributed by atoms with van der Waals surface area (Å²) in [5, 5.41) is 18.1. The number of rotatable bonds is 4. The molecule has 7 heteroatoms. The second-order valence-corrected chi connectivity index (χ2v) is 1.39. The molecule has 0 aromatic heterocycles. The molecule has 0 radical (unpaired) electrons. The molecule has 4 N–H and O–H groups in total. The van der Waals surface area contributed by atoms with Gasteiger partial charge in [-0.25, -0.2) is 0 Å². The molecule has 0 amide bonds. The van der Waals surface area contributed by atoms with Crippen LogP contribution in [0.4, 0.5) is 0 Å². The zero-order valence-corrected chi connectivity index (χ0v) is 8.07. The van der Waals surface area contributed by atoms with Crippen LogP contribution in [-0.4, -0.2) is 40.7 Å². The summed E-state index contributed by atoms with van der Waals surface area (Å²) in [6.07, 6.45) is 0. The zero-order valence-electron chi connectivity index (χ0n) is 6.07. The van der Waals surface area contributed by atoms with Gasteiger partial charge in [-0.2, -0.15) is 0 Å². The van der Waals surface area contributed by atoms with Crippen molar-refractivity contribution < 1.29 is 54.8 Å². The van der Waals surface area contributed by atoms with Crippen molar-refractivity contribution in [3.63, 3.8) is 0 Å². The maximum atomic E-state index is 9.73. The van der Waals surface area contributed by atoms with Crippen molar-refractivity contribution in [3.05, 3.63) is 0 Å². The number of carbonyl (C=O) groups is 2. The van der Waals surface area contributed by atoms with Gasteiger partial charge < -0.3 is 15.7 Å². The van der Waals surface area contributed by atoms with Crippen molar-refractivity contribution in [3.8, 4) is 0 Å². The van der Waals surface area contributed by atoms with E-state index in [4.69, 9.17) is 10.2 Å². The first-order chi connectivity index (χ1) is 4.13. The van der Waals surface area contributed by atoms with Crippen LogP contribution < -0.4 is 34.9 Å². The van der Waals surface area contributed by atoms with Gasteiger partial charge in [0.2, 0.25) is 0 Å². The molecule has 0 bridgehead atoms. The molecule has 60 valence electrons. The number of aliphatic carboxylic acids is 2. The van der Waals surface area contributed by atoms with Crippen LogP contribution in [0.5, 0.6) is 0 Å². The molecule has 0 saturated carbocycles. The standard InChI is InChI=1S/C4H7NO4.Na.H2O/c6-3(7)1-5-2-4(8)9;;/h5H,1-2H2,(H,6,7)(H,8,9);;1H2/q;+1;/p-1. The van der Waals surface area contributed by atoms with Gasteiger partial charge in [0.15, 0.2) is 0 Å². The van der Waals surface area contributed by atoms with Gasteiger partial charge in [-0.05, 0) is 0 Å². The number of nitrogens with one attached hydrogen (secondary N) is 1. The average Bonchev–Trinajstić information content (AvgIpc) is 1.63. The van der Waals surface area contributed by atoms with Crippen LogP contribution in [0, 0.1) is 0 Å². The summed E-state index contributed by atoms with van der Waals surface area (Å²) in [5.41, 5.74) is 0. The van der Waals surface area contributed by atoms with E-state index in [0.717, 1.165) is 0 Å². The largest absolute Gasteiger partial charge is 1.00 e. The van der Waals surface area contributed by atoms with E-state index in [-0.39, 0.29) is 48.1 Å². The van der Waals surface area contributed by atoms with Crippen molar-refractivity contribution in [2.45, 2.75) is 0 Å². The van der Waals surface area contributed by atoms with Crippen LogP contribution in [0.15, 0.2) is 0 Å². The minimum atomic E-state index is -1.06. The summed E-state index contributed by atoms with van der Waals surface area (Å²) in [4.78, 5) is 19.5. The predicted octanol–water partition coefficient (Wildman–Crippen LogP) is -4.43. The molecule has 0 atom stereocenters. The van der Waals surface area contributed by atoms with Gasteiger partial charge in [0.05, 0.1) is 13.1 Å². The Balaban J connectivity index is -0.000000320. The van der Waals surface area contributed by atoms with E-state index in [1.165, 1.54) is 0 Å². The Morgan fingerprint density at radius 1 is 1.09 bits per heavy atom. The molecular weight excluding hydrogens is 165 g/mol. The number of carboxylic acids is 2. The Bertz CT molecular complexity index is 114. The zero-order chi connectivity index (χ0) is 7.28. The van der Waals surface area contributed by atoms with Crippen molar-refractivity contribution >= 4 is 11.9 Å². The van der Waals surface area contributed by atoms with Gasteiger partial charge in [0, 0.05) is 0 Å². The molecule has 0 aliphatic carbocycles. The third kappa shape index (κ3) is 17.7. The summed E-state index contributed by atoms with van der Waals surface area (Å²) in [6, 6.07) is 0. The third-order valence-electron chi connectivity index (χ3n) is 0.552. The molecule has 0 fully saturated rings. The van der Waals surface area contributed by atoms with E-state index in [1.54, 1.807) is 0 Å². The van der Waals surface area contributed by atoms with Gasteiger partial charge in [-0.15, -0.1) is 0 Å². The van der Waals surface area contributed by atoms with Gasteiger partial charge in [-0.1, -0.05) is 0 Å². The second-order valence-electron chi connectivity index (χ2n) is 1.39. The van der Waals surface area contributed by atoms with E-state index in [9.17, 15) is 9.59 Å². The monoisotopic (exact) mass is 173 g/mol. The minimum Gasteiger partial charge on any atom is -0.870 e. The van der Waals surface area contributed by atoms with Gasteiger partial charge in [0.25, 0.3) is 0 Å². The van der Waals surface area contributed by atoms with E-state index in [0.29, 0.717) is 0 Å². The summed E-state index contributed by atoms with van der Waals surface area (Å²) < 4.78 is 0. The van der Waals surface area contributed by atoms with E-state index in [1.807, 2.05) is 0 Å². The SMILES string of the molecule is O=C(O)CNCC(=O)O.[Na+].[OH-]. The first-order valence-electron chi connectivity index (χ1n) is 2.27. The van der Waals surface area contributed by atoms with Gasteiger partial charge in [-0.3, -0.25) is 14.9 Å². The Labute approximate surface area is 85.2 Å². The maximum Gasteiger partial charge on any atom is 1.00 e. The molecule has 11 heavy (non-hydrogen) atoms. The second kappa shape index (κ2) is 9.86. The fourth-order valence-electron chi connectivity index (χ4n) is 0.276. The van der Waals surface area contributed by atoms with E-state index >= 15 is 0 Å². The van der Waals surface area contributed by atoms with E-state index in [2.05, 4.69) is 5.32 Å².